The molecule has 0 aliphatic carbocycles. The van der Waals surface area contributed by atoms with Crippen LogP contribution in [0.3, 0.4) is 0 Å². The van der Waals surface area contributed by atoms with Crippen molar-refractivity contribution in [3.05, 3.63) is 59.9 Å². The van der Waals surface area contributed by atoms with Crippen LogP contribution in [0.5, 0.6) is 5.75 Å². The Hall–Kier alpha value is -2.45. The van der Waals surface area contributed by atoms with E-state index in [-0.39, 0.29) is 29.6 Å². The highest BCUT2D eigenvalue weighted by molar-refractivity contribution is 7.89. The smallest absolute Gasteiger partial charge is 0.246 e. The highest BCUT2D eigenvalue weighted by Crippen LogP contribution is 2.30. The molecule has 1 heterocycles. The maximum atomic E-state index is 13.7. The second-order valence-corrected chi connectivity index (χ2v) is 8.93. The number of hydrogen-bond donors (Lipinski definition) is 1. The van der Waals surface area contributed by atoms with E-state index in [1.54, 1.807) is 0 Å². The van der Waals surface area contributed by atoms with E-state index in [2.05, 4.69) is 5.32 Å². The van der Waals surface area contributed by atoms with Crippen LogP contribution in [-0.4, -0.2) is 45.4 Å². The van der Waals surface area contributed by atoms with Crippen molar-refractivity contribution < 1.29 is 22.3 Å². The van der Waals surface area contributed by atoms with E-state index in [1.165, 1.54) is 17.5 Å². The Kier molecular flexibility index (Phi) is 6.87. The van der Waals surface area contributed by atoms with Crippen LogP contribution in [0.1, 0.15) is 18.4 Å². The summed E-state index contributed by atoms with van der Waals surface area (Å²) in [4.78, 5) is 12.3. The van der Waals surface area contributed by atoms with Crippen molar-refractivity contribution in [2.45, 2.75) is 24.2 Å². The fourth-order valence-corrected chi connectivity index (χ4v) is 5.18. The maximum Gasteiger partial charge on any atom is 0.246 e. The summed E-state index contributed by atoms with van der Waals surface area (Å²) in [7, 11) is -2.63. The Morgan fingerprint density at radius 1 is 1.24 bits per heavy atom. The fourth-order valence-electron chi connectivity index (χ4n) is 3.48. The molecule has 6 nitrogen and oxygen atoms in total. The predicted octanol–water partition coefficient (Wildman–Crippen LogP) is 2.59. The number of carbonyl (C=O) groups is 1. The molecule has 1 fully saturated rings. The molecular weight excluding hydrogens is 395 g/mol. The number of benzene rings is 2. The normalized spacial score (nSPS) is 17.7. The minimum atomic E-state index is -3.97. The van der Waals surface area contributed by atoms with E-state index in [0.29, 0.717) is 25.8 Å². The molecule has 1 unspecified atom stereocenters. The van der Waals surface area contributed by atoms with Crippen LogP contribution in [0, 0.1) is 11.7 Å². The Morgan fingerprint density at radius 3 is 2.72 bits per heavy atom. The topological polar surface area (TPSA) is 75.7 Å². The van der Waals surface area contributed by atoms with Gasteiger partial charge in [-0.1, -0.05) is 30.3 Å². The molecule has 2 aromatic rings. The first kappa shape index (κ1) is 21.3. The van der Waals surface area contributed by atoms with Crippen molar-refractivity contribution >= 4 is 15.9 Å². The quantitative estimate of drug-likeness (QED) is 0.747. The highest BCUT2D eigenvalue weighted by Gasteiger charge is 2.35. The van der Waals surface area contributed by atoms with Gasteiger partial charge < -0.3 is 10.1 Å². The molecule has 0 spiro atoms. The number of amides is 1. The van der Waals surface area contributed by atoms with Gasteiger partial charge in [-0.2, -0.15) is 4.31 Å². The summed E-state index contributed by atoms with van der Waals surface area (Å²) in [6, 6.07) is 13.2. The van der Waals surface area contributed by atoms with Gasteiger partial charge in [0.25, 0.3) is 0 Å². The molecule has 1 saturated heterocycles. The minimum absolute atomic E-state index is 0.0686. The second-order valence-electron chi connectivity index (χ2n) is 7.02. The molecule has 156 valence electrons. The van der Waals surface area contributed by atoms with Gasteiger partial charge >= 0.3 is 0 Å². The number of nitrogens with zero attached hydrogens (tertiary/aromatic N) is 1. The van der Waals surface area contributed by atoms with Gasteiger partial charge in [-0.25, -0.2) is 12.8 Å². The SMILES string of the molecule is COc1ccc(F)cc1S(=O)(=O)N1CCCC(C(=O)NCCc2ccccc2)C1. The molecule has 29 heavy (non-hydrogen) atoms. The average Bonchev–Trinajstić information content (AvgIpc) is 2.74. The van der Waals surface area contributed by atoms with Crippen molar-refractivity contribution in [3.8, 4) is 5.75 Å². The molecule has 2 aromatic carbocycles. The summed E-state index contributed by atoms with van der Waals surface area (Å²) in [6.45, 7) is 0.846. The zero-order valence-corrected chi connectivity index (χ0v) is 17.1. The van der Waals surface area contributed by atoms with E-state index in [9.17, 15) is 17.6 Å². The zero-order valence-electron chi connectivity index (χ0n) is 16.3. The maximum absolute atomic E-state index is 13.7. The van der Waals surface area contributed by atoms with Gasteiger partial charge in [0.2, 0.25) is 15.9 Å². The lowest BCUT2D eigenvalue weighted by molar-refractivity contribution is -0.126. The Labute approximate surface area is 170 Å². The van der Waals surface area contributed by atoms with E-state index in [4.69, 9.17) is 4.74 Å². The van der Waals surface area contributed by atoms with E-state index in [1.807, 2.05) is 30.3 Å². The van der Waals surface area contributed by atoms with Crippen molar-refractivity contribution in [1.29, 1.82) is 0 Å². The van der Waals surface area contributed by atoms with Crippen molar-refractivity contribution in [2.75, 3.05) is 26.7 Å². The van der Waals surface area contributed by atoms with Gasteiger partial charge in [-0.05, 0) is 43.0 Å². The van der Waals surface area contributed by atoms with Crippen LogP contribution in [-0.2, 0) is 21.2 Å². The number of ether oxygens (including phenoxy) is 1. The molecule has 0 saturated carbocycles. The summed E-state index contributed by atoms with van der Waals surface area (Å²) in [5, 5.41) is 2.90. The monoisotopic (exact) mass is 420 g/mol. The molecule has 1 atom stereocenters. The van der Waals surface area contributed by atoms with Crippen LogP contribution in [0.2, 0.25) is 0 Å². The minimum Gasteiger partial charge on any atom is -0.495 e. The third kappa shape index (κ3) is 5.13. The van der Waals surface area contributed by atoms with E-state index >= 15 is 0 Å². The van der Waals surface area contributed by atoms with Gasteiger partial charge in [-0.15, -0.1) is 0 Å². The highest BCUT2D eigenvalue weighted by atomic mass is 32.2. The number of hydrogen-bond acceptors (Lipinski definition) is 4. The summed E-state index contributed by atoms with van der Waals surface area (Å²) in [6.07, 6.45) is 1.89. The molecule has 0 aromatic heterocycles. The number of halogens is 1. The van der Waals surface area contributed by atoms with Crippen LogP contribution in [0.15, 0.2) is 53.4 Å². The molecule has 8 heteroatoms. The summed E-state index contributed by atoms with van der Waals surface area (Å²) in [5.74, 6) is -1.17. The Balaban J connectivity index is 1.65. The Bertz CT molecular complexity index is 950. The van der Waals surface area contributed by atoms with Crippen LogP contribution >= 0.6 is 0 Å². The predicted molar refractivity (Wildman–Crippen MR) is 108 cm³/mol. The molecule has 0 bridgehead atoms. The third-order valence-corrected chi connectivity index (χ3v) is 6.94. The van der Waals surface area contributed by atoms with Crippen LogP contribution < -0.4 is 10.1 Å². The average molecular weight is 421 g/mol. The molecule has 0 radical (unpaired) electrons. The Morgan fingerprint density at radius 2 is 2.00 bits per heavy atom. The first-order valence-corrected chi connectivity index (χ1v) is 11.0. The van der Waals surface area contributed by atoms with Gasteiger partial charge in [0.05, 0.1) is 13.0 Å². The first-order valence-electron chi connectivity index (χ1n) is 9.57. The summed E-state index contributed by atoms with van der Waals surface area (Å²) < 4.78 is 46.1. The zero-order chi connectivity index (χ0) is 20.9. The van der Waals surface area contributed by atoms with E-state index in [0.717, 1.165) is 17.7 Å². The lowest BCUT2D eigenvalue weighted by Crippen LogP contribution is -2.45. The van der Waals surface area contributed by atoms with Crippen molar-refractivity contribution in [3.63, 3.8) is 0 Å². The molecule has 1 aliphatic rings. The molecule has 1 aliphatic heterocycles. The number of carbonyl (C=O) groups excluding carboxylic acids is 1. The number of piperidine rings is 1. The third-order valence-electron chi connectivity index (χ3n) is 5.05. The van der Waals surface area contributed by atoms with Crippen molar-refractivity contribution in [1.82, 2.24) is 9.62 Å². The molecule has 1 N–H and O–H groups in total. The molecule has 3 rings (SSSR count). The molecular formula is C21H25FN2O4S. The van der Waals surface area contributed by atoms with Gasteiger partial charge in [-0.3, -0.25) is 4.79 Å². The lowest BCUT2D eigenvalue weighted by atomic mass is 9.99. The van der Waals surface area contributed by atoms with Gasteiger partial charge in [0.15, 0.2) is 0 Å². The van der Waals surface area contributed by atoms with E-state index < -0.39 is 21.8 Å². The largest absolute Gasteiger partial charge is 0.495 e. The molecule has 1 amide bonds. The van der Waals surface area contributed by atoms with Crippen LogP contribution in [0.25, 0.3) is 0 Å². The second kappa shape index (κ2) is 9.37. The number of sulfonamides is 1. The van der Waals surface area contributed by atoms with Gasteiger partial charge in [0, 0.05) is 19.6 Å². The number of nitrogens with one attached hydrogen (secondary N) is 1. The standard InChI is InChI=1S/C21H25FN2O4S/c1-28-19-10-9-18(22)14-20(19)29(26,27)24-13-5-8-17(15-24)21(25)23-12-11-16-6-3-2-4-7-16/h2-4,6-7,9-10,14,17H,5,8,11-13,15H2,1H3,(H,23,25). The van der Waals surface area contributed by atoms with Crippen molar-refractivity contribution in [2.24, 2.45) is 5.92 Å². The number of rotatable bonds is 7. The summed E-state index contributed by atoms with van der Waals surface area (Å²) >= 11 is 0. The number of methoxy groups -OCH3 is 1. The first-order chi connectivity index (χ1) is 13.9. The van der Waals surface area contributed by atoms with Gasteiger partial charge in [0.1, 0.15) is 16.5 Å². The lowest BCUT2D eigenvalue weighted by Gasteiger charge is -2.31. The fraction of sp³-hybridized carbons (Fsp3) is 0.381. The summed E-state index contributed by atoms with van der Waals surface area (Å²) in [5.41, 5.74) is 1.12. The van der Waals surface area contributed by atoms with Crippen LogP contribution in [0.4, 0.5) is 4.39 Å².